The van der Waals surface area contributed by atoms with Crippen molar-refractivity contribution in [3.05, 3.63) is 42.0 Å². The molecule has 0 radical (unpaired) electrons. The van der Waals surface area contributed by atoms with E-state index in [4.69, 9.17) is 0 Å². The average molecular weight is 192 g/mol. The first kappa shape index (κ1) is 10.4. The predicted octanol–water partition coefficient (Wildman–Crippen LogP) is 3.92. The standard InChI is InChI=1S/C10H10S.C2H6/c1-2-7-10-9(5-1)6-3-4-8-11-10;1-2/h1-5,7H,6,8H2;1-2H3. The number of hydrogen-bond acceptors (Lipinski definition) is 1. The maximum absolute atomic E-state index is 2.25. The van der Waals surface area contributed by atoms with Crippen LogP contribution in [-0.4, -0.2) is 5.75 Å². The lowest BCUT2D eigenvalue weighted by Gasteiger charge is -2.01. The molecule has 1 heterocycles. The third-order valence-electron chi connectivity index (χ3n) is 1.81. The molecule has 0 N–H and O–H groups in total. The van der Waals surface area contributed by atoms with E-state index in [0.717, 1.165) is 12.2 Å². The fraction of sp³-hybridized carbons (Fsp3) is 0.333. The van der Waals surface area contributed by atoms with Crippen LogP contribution in [0.25, 0.3) is 0 Å². The van der Waals surface area contributed by atoms with Gasteiger partial charge in [-0.2, -0.15) is 0 Å². The molecule has 13 heavy (non-hydrogen) atoms. The maximum atomic E-state index is 2.25. The van der Waals surface area contributed by atoms with E-state index in [1.807, 2.05) is 25.6 Å². The van der Waals surface area contributed by atoms with Gasteiger partial charge in [-0.25, -0.2) is 0 Å². The zero-order chi connectivity index (χ0) is 9.52. The van der Waals surface area contributed by atoms with Crippen LogP contribution in [0.3, 0.4) is 0 Å². The van der Waals surface area contributed by atoms with E-state index in [0.29, 0.717) is 0 Å². The molecule has 0 aromatic heterocycles. The van der Waals surface area contributed by atoms with Gasteiger partial charge in [-0.15, -0.1) is 11.8 Å². The monoisotopic (exact) mass is 192 g/mol. The Kier molecular flexibility index (Phi) is 4.69. The van der Waals surface area contributed by atoms with Crippen LogP contribution in [-0.2, 0) is 6.42 Å². The Morgan fingerprint density at radius 2 is 1.85 bits per heavy atom. The normalized spacial score (nSPS) is 13.7. The van der Waals surface area contributed by atoms with Gasteiger partial charge in [0.1, 0.15) is 0 Å². The Balaban J connectivity index is 0.000000396. The van der Waals surface area contributed by atoms with Crippen LogP contribution < -0.4 is 0 Å². The van der Waals surface area contributed by atoms with Gasteiger partial charge in [0.05, 0.1) is 0 Å². The Hall–Kier alpha value is -0.690. The minimum absolute atomic E-state index is 1.10. The molecule has 0 amide bonds. The second-order valence-corrected chi connectivity index (χ2v) is 3.66. The van der Waals surface area contributed by atoms with E-state index in [1.165, 1.54) is 10.5 Å². The van der Waals surface area contributed by atoms with Crippen molar-refractivity contribution in [2.24, 2.45) is 0 Å². The molecule has 0 saturated heterocycles. The summed E-state index contributed by atoms with van der Waals surface area (Å²) in [5, 5.41) is 0. The number of fused-ring (bicyclic) bond motifs is 1. The van der Waals surface area contributed by atoms with Crippen molar-refractivity contribution < 1.29 is 0 Å². The lowest BCUT2D eigenvalue weighted by Crippen LogP contribution is -1.81. The predicted molar refractivity (Wildman–Crippen MR) is 61.4 cm³/mol. The van der Waals surface area contributed by atoms with Gasteiger partial charge in [0.25, 0.3) is 0 Å². The highest BCUT2D eigenvalue weighted by Crippen LogP contribution is 2.25. The third kappa shape index (κ3) is 2.92. The Labute approximate surface area is 85.1 Å². The quantitative estimate of drug-likeness (QED) is 0.561. The summed E-state index contributed by atoms with van der Waals surface area (Å²) in [5.74, 6) is 1.12. The van der Waals surface area contributed by atoms with Crippen molar-refractivity contribution >= 4 is 11.8 Å². The van der Waals surface area contributed by atoms with Crippen molar-refractivity contribution in [1.29, 1.82) is 0 Å². The molecule has 0 bridgehead atoms. The molecule has 0 spiro atoms. The topological polar surface area (TPSA) is 0 Å². The zero-order valence-electron chi connectivity index (χ0n) is 8.29. The number of thioether (sulfide) groups is 1. The van der Waals surface area contributed by atoms with Gasteiger partial charge >= 0.3 is 0 Å². The third-order valence-corrected chi connectivity index (χ3v) is 2.88. The van der Waals surface area contributed by atoms with Crippen LogP contribution in [0, 0.1) is 0 Å². The van der Waals surface area contributed by atoms with Gasteiger partial charge in [0.2, 0.25) is 0 Å². The van der Waals surface area contributed by atoms with Gasteiger partial charge < -0.3 is 0 Å². The first-order chi connectivity index (χ1) is 6.47. The number of hydrogen-bond donors (Lipinski definition) is 0. The summed E-state index contributed by atoms with van der Waals surface area (Å²) in [6.45, 7) is 4.00. The molecule has 1 aromatic rings. The summed E-state index contributed by atoms with van der Waals surface area (Å²) in [6.07, 6.45) is 5.59. The first-order valence-corrected chi connectivity index (χ1v) is 5.81. The van der Waals surface area contributed by atoms with E-state index in [1.54, 1.807) is 0 Å². The van der Waals surface area contributed by atoms with Crippen molar-refractivity contribution in [2.45, 2.75) is 25.2 Å². The summed E-state index contributed by atoms with van der Waals surface area (Å²) < 4.78 is 0. The van der Waals surface area contributed by atoms with Crippen LogP contribution in [0.2, 0.25) is 0 Å². The number of rotatable bonds is 0. The average Bonchev–Trinajstić information content (AvgIpc) is 2.45. The molecule has 1 aliphatic rings. The van der Waals surface area contributed by atoms with Crippen molar-refractivity contribution in [1.82, 2.24) is 0 Å². The van der Waals surface area contributed by atoms with Crippen molar-refractivity contribution in [3.63, 3.8) is 0 Å². The molecule has 0 fully saturated rings. The van der Waals surface area contributed by atoms with Crippen LogP contribution >= 0.6 is 11.8 Å². The minimum Gasteiger partial charge on any atom is -0.122 e. The second kappa shape index (κ2) is 5.87. The molecule has 0 atom stereocenters. The van der Waals surface area contributed by atoms with E-state index in [9.17, 15) is 0 Å². The maximum Gasteiger partial charge on any atom is 0.0161 e. The molecule has 1 heteroatoms. The van der Waals surface area contributed by atoms with Gasteiger partial charge in [0.15, 0.2) is 0 Å². The molecule has 0 aliphatic carbocycles. The largest absolute Gasteiger partial charge is 0.122 e. The second-order valence-electron chi connectivity index (χ2n) is 2.59. The van der Waals surface area contributed by atoms with Crippen molar-refractivity contribution in [2.75, 3.05) is 5.75 Å². The SMILES string of the molecule is C1=CCc2ccccc2SC1.CC. The van der Waals surface area contributed by atoms with Crippen LogP contribution in [0.15, 0.2) is 41.3 Å². The first-order valence-electron chi connectivity index (χ1n) is 4.82. The number of benzene rings is 1. The van der Waals surface area contributed by atoms with E-state index < -0.39 is 0 Å². The van der Waals surface area contributed by atoms with Gasteiger partial charge in [-0.3, -0.25) is 0 Å². The smallest absolute Gasteiger partial charge is 0.0161 e. The highest BCUT2D eigenvalue weighted by molar-refractivity contribution is 7.99. The molecule has 1 aliphatic heterocycles. The van der Waals surface area contributed by atoms with Crippen LogP contribution in [0.1, 0.15) is 19.4 Å². The zero-order valence-corrected chi connectivity index (χ0v) is 9.10. The van der Waals surface area contributed by atoms with E-state index in [2.05, 4.69) is 36.4 Å². The molecule has 0 unspecified atom stereocenters. The van der Waals surface area contributed by atoms with E-state index >= 15 is 0 Å². The summed E-state index contributed by atoms with van der Waals surface area (Å²) in [5.41, 5.74) is 1.46. The molecule has 1 aromatic carbocycles. The molecule has 2 rings (SSSR count). The highest BCUT2D eigenvalue weighted by Gasteiger charge is 2.01. The van der Waals surface area contributed by atoms with Gasteiger partial charge in [-0.05, 0) is 18.1 Å². The fourth-order valence-electron chi connectivity index (χ4n) is 1.23. The summed E-state index contributed by atoms with van der Waals surface area (Å²) in [6, 6.07) is 8.63. The Morgan fingerprint density at radius 3 is 2.69 bits per heavy atom. The summed E-state index contributed by atoms with van der Waals surface area (Å²) >= 11 is 1.92. The lowest BCUT2D eigenvalue weighted by molar-refractivity contribution is 1.19. The molecular formula is C12H16S. The summed E-state index contributed by atoms with van der Waals surface area (Å²) in [4.78, 5) is 1.44. The van der Waals surface area contributed by atoms with Crippen LogP contribution in [0.5, 0.6) is 0 Å². The van der Waals surface area contributed by atoms with Gasteiger partial charge in [0, 0.05) is 10.6 Å². The lowest BCUT2D eigenvalue weighted by atomic mass is 10.1. The Bertz CT molecular complexity index is 276. The molecule has 0 nitrogen and oxygen atoms in total. The van der Waals surface area contributed by atoms with Crippen LogP contribution in [0.4, 0.5) is 0 Å². The fourth-order valence-corrected chi connectivity index (χ4v) is 2.15. The van der Waals surface area contributed by atoms with Gasteiger partial charge in [-0.1, -0.05) is 44.2 Å². The highest BCUT2D eigenvalue weighted by atomic mass is 32.2. The van der Waals surface area contributed by atoms with E-state index in [-0.39, 0.29) is 0 Å². The molecular weight excluding hydrogens is 176 g/mol. The minimum atomic E-state index is 1.10. The van der Waals surface area contributed by atoms with Crippen molar-refractivity contribution in [3.8, 4) is 0 Å². The number of allylic oxidation sites excluding steroid dienone is 1. The molecule has 70 valence electrons. The Morgan fingerprint density at radius 1 is 1.08 bits per heavy atom. The molecule has 0 saturated carbocycles. The summed E-state index contributed by atoms with van der Waals surface area (Å²) in [7, 11) is 0.